The fourth-order valence-electron chi connectivity index (χ4n) is 2.00. The van der Waals surface area contributed by atoms with E-state index in [1.165, 1.54) is 4.68 Å². The minimum absolute atomic E-state index is 0.102. The highest BCUT2D eigenvalue weighted by molar-refractivity contribution is 5.90. The number of carbonyl (C=O) groups is 1. The Balaban J connectivity index is 1.60. The van der Waals surface area contributed by atoms with Crippen LogP contribution in [0, 0.1) is 0 Å². The number of fused-ring (bicyclic) bond motifs is 1. The van der Waals surface area contributed by atoms with Gasteiger partial charge in [0.15, 0.2) is 11.5 Å². The molecule has 0 atom stereocenters. The molecule has 0 unspecified atom stereocenters. The number of nitrogens with one attached hydrogen (secondary N) is 2. The van der Waals surface area contributed by atoms with Crippen LogP contribution >= 0.6 is 0 Å². The van der Waals surface area contributed by atoms with Crippen molar-refractivity contribution in [1.29, 1.82) is 0 Å². The monoisotopic (exact) mass is 289 g/mol. The molecular weight excluding hydrogens is 274 g/mol. The Morgan fingerprint density at radius 2 is 2.24 bits per heavy atom. The second-order valence-corrected chi connectivity index (χ2v) is 4.55. The van der Waals surface area contributed by atoms with Crippen LogP contribution in [0.3, 0.4) is 0 Å². The maximum absolute atomic E-state index is 12.0. The van der Waals surface area contributed by atoms with Crippen LogP contribution in [0.4, 0.5) is 5.69 Å². The van der Waals surface area contributed by atoms with E-state index in [0.717, 1.165) is 5.69 Å². The van der Waals surface area contributed by atoms with Crippen LogP contribution in [0.2, 0.25) is 0 Å². The molecule has 2 heterocycles. The maximum Gasteiger partial charge on any atom is 0.246 e. The van der Waals surface area contributed by atoms with Gasteiger partial charge in [0.1, 0.15) is 6.54 Å². The van der Waals surface area contributed by atoms with Crippen molar-refractivity contribution in [2.24, 2.45) is 0 Å². The van der Waals surface area contributed by atoms with Crippen molar-refractivity contribution < 1.29 is 14.3 Å². The molecule has 3 rings (SSSR count). The first-order valence-corrected chi connectivity index (χ1v) is 6.48. The Bertz CT molecular complexity index is 655. The third kappa shape index (κ3) is 3.11. The molecule has 1 aliphatic heterocycles. The molecule has 0 saturated carbocycles. The Hall–Kier alpha value is -2.61. The van der Waals surface area contributed by atoms with E-state index < -0.39 is 0 Å². The van der Waals surface area contributed by atoms with E-state index in [-0.39, 0.29) is 19.2 Å². The number of amides is 1. The summed E-state index contributed by atoms with van der Waals surface area (Å²) in [6, 6.07) is 5.26. The molecule has 1 aliphatic rings. The SMILES string of the molecule is CNCc1cn(CC(=O)Nc2ccc3c(c2)OCO3)nn1. The Labute approximate surface area is 121 Å². The minimum Gasteiger partial charge on any atom is -0.454 e. The third-order valence-electron chi connectivity index (χ3n) is 2.91. The first-order valence-electron chi connectivity index (χ1n) is 6.48. The quantitative estimate of drug-likeness (QED) is 0.826. The summed E-state index contributed by atoms with van der Waals surface area (Å²) in [7, 11) is 1.82. The second kappa shape index (κ2) is 5.80. The number of carbonyl (C=O) groups excluding carboxylic acids is 1. The van der Waals surface area contributed by atoms with Crippen LogP contribution in [0.15, 0.2) is 24.4 Å². The molecule has 1 aromatic heterocycles. The van der Waals surface area contributed by atoms with Crippen molar-refractivity contribution >= 4 is 11.6 Å². The normalized spacial score (nSPS) is 12.4. The van der Waals surface area contributed by atoms with Gasteiger partial charge < -0.3 is 20.1 Å². The van der Waals surface area contributed by atoms with Crippen LogP contribution in [-0.4, -0.2) is 34.7 Å². The molecule has 0 spiro atoms. The molecule has 110 valence electrons. The number of anilines is 1. The standard InChI is InChI=1S/C13H15N5O3/c1-14-5-10-6-18(17-16-10)7-13(19)15-9-2-3-11-12(4-9)21-8-20-11/h2-4,6,14H,5,7-8H2,1H3,(H,15,19). The number of aromatic nitrogens is 3. The lowest BCUT2D eigenvalue weighted by atomic mass is 10.3. The summed E-state index contributed by atoms with van der Waals surface area (Å²) in [4.78, 5) is 12.0. The van der Waals surface area contributed by atoms with E-state index in [1.807, 2.05) is 7.05 Å². The van der Waals surface area contributed by atoms with E-state index in [0.29, 0.717) is 23.7 Å². The van der Waals surface area contributed by atoms with Gasteiger partial charge in [0.25, 0.3) is 0 Å². The van der Waals surface area contributed by atoms with Crippen LogP contribution in [0.25, 0.3) is 0 Å². The molecule has 2 N–H and O–H groups in total. The molecule has 1 amide bonds. The fraction of sp³-hybridized carbons (Fsp3) is 0.308. The number of hydrogen-bond acceptors (Lipinski definition) is 6. The fourth-order valence-corrected chi connectivity index (χ4v) is 2.00. The van der Waals surface area contributed by atoms with E-state index in [1.54, 1.807) is 24.4 Å². The molecule has 21 heavy (non-hydrogen) atoms. The summed E-state index contributed by atoms with van der Waals surface area (Å²) in [5.74, 6) is 1.13. The molecule has 8 nitrogen and oxygen atoms in total. The topological polar surface area (TPSA) is 90.3 Å². The lowest BCUT2D eigenvalue weighted by molar-refractivity contribution is -0.116. The maximum atomic E-state index is 12.0. The largest absolute Gasteiger partial charge is 0.454 e. The average molecular weight is 289 g/mol. The number of ether oxygens (including phenoxy) is 2. The van der Waals surface area contributed by atoms with E-state index in [4.69, 9.17) is 9.47 Å². The van der Waals surface area contributed by atoms with Gasteiger partial charge in [-0.15, -0.1) is 5.10 Å². The number of hydrogen-bond donors (Lipinski definition) is 2. The minimum atomic E-state index is -0.185. The number of nitrogens with zero attached hydrogens (tertiary/aromatic N) is 3. The summed E-state index contributed by atoms with van der Waals surface area (Å²) in [5, 5.41) is 13.6. The predicted octanol–water partition coefficient (Wildman–Crippen LogP) is 0.365. The number of rotatable bonds is 5. The highest BCUT2D eigenvalue weighted by Crippen LogP contribution is 2.34. The van der Waals surface area contributed by atoms with Crippen molar-refractivity contribution in [3.8, 4) is 11.5 Å². The molecule has 8 heteroatoms. The lowest BCUT2D eigenvalue weighted by Crippen LogP contribution is -2.19. The third-order valence-corrected chi connectivity index (χ3v) is 2.91. The zero-order valence-corrected chi connectivity index (χ0v) is 11.5. The molecule has 0 fully saturated rings. The second-order valence-electron chi connectivity index (χ2n) is 4.55. The van der Waals surface area contributed by atoms with Crippen LogP contribution in [0.1, 0.15) is 5.69 Å². The smallest absolute Gasteiger partial charge is 0.246 e. The highest BCUT2D eigenvalue weighted by Gasteiger charge is 2.14. The Kier molecular flexibility index (Phi) is 3.69. The van der Waals surface area contributed by atoms with Crippen LogP contribution in [-0.2, 0) is 17.9 Å². The van der Waals surface area contributed by atoms with E-state index in [9.17, 15) is 4.79 Å². The van der Waals surface area contributed by atoms with Gasteiger partial charge in [-0.25, -0.2) is 4.68 Å². The summed E-state index contributed by atoms with van der Waals surface area (Å²) >= 11 is 0. The predicted molar refractivity (Wildman–Crippen MR) is 74.0 cm³/mol. The van der Waals surface area contributed by atoms with Crippen molar-refractivity contribution in [3.63, 3.8) is 0 Å². The zero-order chi connectivity index (χ0) is 14.7. The van der Waals surface area contributed by atoms with Gasteiger partial charge in [0, 0.05) is 18.3 Å². The van der Waals surface area contributed by atoms with Crippen LogP contribution in [0.5, 0.6) is 11.5 Å². The van der Waals surface area contributed by atoms with E-state index >= 15 is 0 Å². The molecule has 0 saturated heterocycles. The number of benzene rings is 1. The van der Waals surface area contributed by atoms with Crippen molar-refractivity contribution in [2.75, 3.05) is 19.2 Å². The van der Waals surface area contributed by atoms with Gasteiger partial charge in [-0.1, -0.05) is 5.21 Å². The van der Waals surface area contributed by atoms with Crippen molar-refractivity contribution in [2.45, 2.75) is 13.1 Å². The Morgan fingerprint density at radius 1 is 1.38 bits per heavy atom. The zero-order valence-electron chi connectivity index (χ0n) is 11.5. The molecule has 0 bridgehead atoms. The van der Waals surface area contributed by atoms with Gasteiger partial charge in [-0.2, -0.15) is 0 Å². The lowest BCUT2D eigenvalue weighted by Gasteiger charge is -2.05. The summed E-state index contributed by atoms with van der Waals surface area (Å²) in [6.45, 7) is 0.925. The van der Waals surface area contributed by atoms with Gasteiger partial charge >= 0.3 is 0 Å². The average Bonchev–Trinajstić information content (AvgIpc) is 3.08. The molecule has 2 aromatic rings. The Morgan fingerprint density at radius 3 is 3.10 bits per heavy atom. The van der Waals surface area contributed by atoms with Gasteiger partial charge in [0.05, 0.1) is 11.9 Å². The van der Waals surface area contributed by atoms with E-state index in [2.05, 4.69) is 20.9 Å². The van der Waals surface area contributed by atoms with Gasteiger partial charge in [-0.3, -0.25) is 4.79 Å². The summed E-state index contributed by atoms with van der Waals surface area (Å²) in [5.41, 5.74) is 1.44. The first-order chi connectivity index (χ1) is 10.2. The molecule has 0 aliphatic carbocycles. The van der Waals surface area contributed by atoms with Gasteiger partial charge in [-0.05, 0) is 19.2 Å². The van der Waals surface area contributed by atoms with Crippen molar-refractivity contribution in [3.05, 3.63) is 30.1 Å². The summed E-state index contributed by atoms with van der Waals surface area (Å²) in [6.07, 6.45) is 1.73. The molecule has 1 aromatic carbocycles. The van der Waals surface area contributed by atoms with Crippen LogP contribution < -0.4 is 20.1 Å². The first kappa shape index (κ1) is 13.4. The van der Waals surface area contributed by atoms with Gasteiger partial charge in [0.2, 0.25) is 12.7 Å². The summed E-state index contributed by atoms with van der Waals surface area (Å²) < 4.78 is 12.0. The molecular formula is C13H15N5O3. The highest BCUT2D eigenvalue weighted by atomic mass is 16.7. The van der Waals surface area contributed by atoms with Crippen molar-refractivity contribution in [1.82, 2.24) is 20.3 Å². The molecule has 0 radical (unpaired) electrons.